The Morgan fingerprint density at radius 2 is 1.96 bits per heavy atom. The van der Waals surface area contributed by atoms with Crippen molar-refractivity contribution in [3.63, 3.8) is 0 Å². The number of piperidine rings is 1. The minimum absolute atomic E-state index is 0.297. The molecule has 0 spiro atoms. The normalized spacial score (nSPS) is 23.3. The standard InChI is InChI=1S/C20H32N2O2/c1-16(2)14-21-10-7-17(8-11-21)18-9-12-22(15-18)20(23)6-5-19-4-3-13-24-19/h3-4,13,16-18H,5-12,14-15H2,1-2H3. The van der Waals surface area contributed by atoms with Gasteiger partial charge in [-0.05, 0) is 62.2 Å². The molecule has 0 saturated carbocycles. The topological polar surface area (TPSA) is 36.7 Å². The fourth-order valence-corrected chi connectivity index (χ4v) is 4.36. The first-order chi connectivity index (χ1) is 11.6. The predicted octanol–water partition coefficient (Wildman–Crippen LogP) is 3.43. The smallest absolute Gasteiger partial charge is 0.223 e. The molecule has 2 aliphatic heterocycles. The summed E-state index contributed by atoms with van der Waals surface area (Å²) in [7, 11) is 0. The van der Waals surface area contributed by atoms with Gasteiger partial charge in [0, 0.05) is 32.5 Å². The maximum atomic E-state index is 12.4. The molecule has 2 saturated heterocycles. The molecular weight excluding hydrogens is 300 g/mol. The zero-order valence-electron chi connectivity index (χ0n) is 15.2. The van der Waals surface area contributed by atoms with Crippen molar-refractivity contribution in [3.05, 3.63) is 24.2 Å². The Labute approximate surface area is 146 Å². The molecule has 3 heterocycles. The first-order valence-corrected chi connectivity index (χ1v) is 9.64. The summed E-state index contributed by atoms with van der Waals surface area (Å²) in [6.07, 6.45) is 6.80. The molecule has 134 valence electrons. The van der Waals surface area contributed by atoms with Gasteiger partial charge in [0.1, 0.15) is 5.76 Å². The average Bonchev–Trinajstić information content (AvgIpc) is 3.24. The molecule has 1 amide bonds. The molecule has 2 fully saturated rings. The van der Waals surface area contributed by atoms with E-state index < -0.39 is 0 Å². The van der Waals surface area contributed by atoms with Crippen LogP contribution in [0.15, 0.2) is 22.8 Å². The van der Waals surface area contributed by atoms with Gasteiger partial charge in [-0.1, -0.05) is 13.8 Å². The highest BCUT2D eigenvalue weighted by Crippen LogP contribution is 2.32. The van der Waals surface area contributed by atoms with Gasteiger partial charge in [-0.2, -0.15) is 0 Å². The summed E-state index contributed by atoms with van der Waals surface area (Å²) in [5.41, 5.74) is 0. The van der Waals surface area contributed by atoms with Gasteiger partial charge >= 0.3 is 0 Å². The van der Waals surface area contributed by atoms with E-state index in [1.54, 1.807) is 6.26 Å². The van der Waals surface area contributed by atoms with Gasteiger partial charge in [0.25, 0.3) is 0 Å². The monoisotopic (exact) mass is 332 g/mol. The third-order valence-corrected chi connectivity index (χ3v) is 5.67. The highest BCUT2D eigenvalue weighted by Gasteiger charge is 2.33. The predicted molar refractivity (Wildman–Crippen MR) is 95.7 cm³/mol. The van der Waals surface area contributed by atoms with Crippen LogP contribution in [0.5, 0.6) is 0 Å². The number of rotatable bonds is 6. The Kier molecular flexibility index (Phi) is 5.99. The highest BCUT2D eigenvalue weighted by molar-refractivity contribution is 5.76. The van der Waals surface area contributed by atoms with Crippen LogP contribution in [0.4, 0.5) is 0 Å². The maximum Gasteiger partial charge on any atom is 0.223 e. The van der Waals surface area contributed by atoms with Crippen molar-refractivity contribution in [1.29, 1.82) is 0 Å². The van der Waals surface area contributed by atoms with Crippen molar-refractivity contribution in [1.82, 2.24) is 9.80 Å². The van der Waals surface area contributed by atoms with Gasteiger partial charge in [0.2, 0.25) is 5.91 Å². The molecule has 24 heavy (non-hydrogen) atoms. The summed E-state index contributed by atoms with van der Waals surface area (Å²) >= 11 is 0. The van der Waals surface area contributed by atoms with Gasteiger partial charge in [0.05, 0.1) is 6.26 Å². The lowest BCUT2D eigenvalue weighted by atomic mass is 9.83. The van der Waals surface area contributed by atoms with Crippen LogP contribution in [-0.4, -0.2) is 48.4 Å². The largest absolute Gasteiger partial charge is 0.469 e. The van der Waals surface area contributed by atoms with E-state index in [0.29, 0.717) is 12.3 Å². The number of likely N-dealkylation sites (tertiary alicyclic amines) is 2. The van der Waals surface area contributed by atoms with E-state index in [0.717, 1.165) is 43.0 Å². The highest BCUT2D eigenvalue weighted by atomic mass is 16.3. The summed E-state index contributed by atoms with van der Waals surface area (Å²) in [5.74, 6) is 3.51. The molecule has 0 bridgehead atoms. The number of carbonyl (C=O) groups excluding carboxylic acids is 1. The van der Waals surface area contributed by atoms with Crippen LogP contribution < -0.4 is 0 Å². The van der Waals surface area contributed by atoms with Crippen LogP contribution in [0.2, 0.25) is 0 Å². The molecular formula is C20H32N2O2. The Balaban J connectivity index is 1.40. The third-order valence-electron chi connectivity index (χ3n) is 5.67. The molecule has 0 radical (unpaired) electrons. The van der Waals surface area contributed by atoms with Gasteiger partial charge in [0.15, 0.2) is 0 Å². The van der Waals surface area contributed by atoms with E-state index in [-0.39, 0.29) is 0 Å². The number of amides is 1. The van der Waals surface area contributed by atoms with Gasteiger partial charge < -0.3 is 14.2 Å². The SMILES string of the molecule is CC(C)CN1CCC(C2CCN(C(=O)CCc3ccco3)C2)CC1. The van der Waals surface area contributed by atoms with Crippen molar-refractivity contribution in [3.8, 4) is 0 Å². The third kappa shape index (κ3) is 4.62. The summed E-state index contributed by atoms with van der Waals surface area (Å²) in [5, 5.41) is 0. The average molecular weight is 332 g/mol. The zero-order chi connectivity index (χ0) is 16.9. The van der Waals surface area contributed by atoms with E-state index in [2.05, 4.69) is 23.6 Å². The fourth-order valence-electron chi connectivity index (χ4n) is 4.36. The van der Waals surface area contributed by atoms with Gasteiger partial charge in [-0.15, -0.1) is 0 Å². The number of hydrogen-bond acceptors (Lipinski definition) is 3. The van der Waals surface area contributed by atoms with E-state index in [1.807, 2.05) is 12.1 Å². The molecule has 4 nitrogen and oxygen atoms in total. The Morgan fingerprint density at radius 1 is 1.21 bits per heavy atom. The minimum atomic E-state index is 0.297. The molecule has 1 unspecified atom stereocenters. The van der Waals surface area contributed by atoms with E-state index in [4.69, 9.17) is 4.42 Å². The molecule has 1 aromatic rings. The summed E-state index contributed by atoms with van der Waals surface area (Å²) in [6, 6.07) is 3.84. The van der Waals surface area contributed by atoms with Crippen LogP contribution in [0.25, 0.3) is 0 Å². The zero-order valence-corrected chi connectivity index (χ0v) is 15.2. The van der Waals surface area contributed by atoms with Crippen molar-refractivity contribution in [2.45, 2.75) is 46.0 Å². The molecule has 3 rings (SSSR count). The lowest BCUT2D eigenvalue weighted by molar-refractivity contribution is -0.130. The van der Waals surface area contributed by atoms with Crippen LogP contribution in [0.1, 0.15) is 45.3 Å². The lowest BCUT2D eigenvalue weighted by Gasteiger charge is -2.35. The van der Waals surface area contributed by atoms with Crippen LogP contribution >= 0.6 is 0 Å². The van der Waals surface area contributed by atoms with Crippen LogP contribution in [0.3, 0.4) is 0 Å². The Morgan fingerprint density at radius 3 is 2.62 bits per heavy atom. The first-order valence-electron chi connectivity index (χ1n) is 9.64. The van der Waals surface area contributed by atoms with Crippen molar-refractivity contribution in [2.75, 3.05) is 32.7 Å². The minimum Gasteiger partial charge on any atom is -0.469 e. The molecule has 0 aromatic carbocycles. The van der Waals surface area contributed by atoms with Crippen molar-refractivity contribution in [2.24, 2.45) is 17.8 Å². The first kappa shape index (κ1) is 17.5. The van der Waals surface area contributed by atoms with Crippen molar-refractivity contribution < 1.29 is 9.21 Å². The Bertz CT molecular complexity index is 504. The van der Waals surface area contributed by atoms with Gasteiger partial charge in [-0.3, -0.25) is 4.79 Å². The lowest BCUT2D eigenvalue weighted by Crippen LogP contribution is -2.39. The van der Waals surface area contributed by atoms with Gasteiger partial charge in [-0.25, -0.2) is 0 Å². The molecule has 0 N–H and O–H groups in total. The van der Waals surface area contributed by atoms with E-state index in [1.165, 1.54) is 38.9 Å². The van der Waals surface area contributed by atoms with Crippen LogP contribution in [0, 0.1) is 17.8 Å². The molecule has 0 aliphatic carbocycles. The quantitative estimate of drug-likeness (QED) is 0.801. The molecule has 1 atom stereocenters. The second-order valence-electron chi connectivity index (χ2n) is 8.00. The second kappa shape index (κ2) is 8.19. The molecule has 4 heteroatoms. The summed E-state index contributed by atoms with van der Waals surface area (Å²) < 4.78 is 5.32. The van der Waals surface area contributed by atoms with Crippen molar-refractivity contribution >= 4 is 5.91 Å². The number of aryl methyl sites for hydroxylation is 1. The molecule has 1 aromatic heterocycles. The van der Waals surface area contributed by atoms with Crippen LogP contribution in [-0.2, 0) is 11.2 Å². The molecule has 2 aliphatic rings. The summed E-state index contributed by atoms with van der Waals surface area (Å²) in [6.45, 7) is 10.2. The number of hydrogen-bond donors (Lipinski definition) is 0. The van der Waals surface area contributed by atoms with E-state index in [9.17, 15) is 4.79 Å². The Hall–Kier alpha value is -1.29. The summed E-state index contributed by atoms with van der Waals surface area (Å²) in [4.78, 5) is 17.1. The number of furan rings is 1. The van der Waals surface area contributed by atoms with E-state index >= 15 is 0 Å². The number of carbonyl (C=O) groups is 1. The number of nitrogens with zero attached hydrogens (tertiary/aromatic N) is 2. The maximum absolute atomic E-state index is 12.4. The second-order valence-corrected chi connectivity index (χ2v) is 8.00. The fraction of sp³-hybridized carbons (Fsp3) is 0.750.